The second-order valence-electron chi connectivity index (χ2n) is 5.02. The van der Waals surface area contributed by atoms with Crippen LogP contribution in [0.5, 0.6) is 5.75 Å². The number of ether oxygens (including phenoxy) is 3. The lowest BCUT2D eigenvalue weighted by molar-refractivity contribution is 0.0761. The molecule has 1 heterocycles. The highest BCUT2D eigenvalue weighted by Gasteiger charge is 2.33. The van der Waals surface area contributed by atoms with Gasteiger partial charge in [0.2, 0.25) is 10.0 Å². The number of hydrogen-bond donors (Lipinski definition) is 1. The van der Waals surface area contributed by atoms with Crippen LogP contribution in [0, 0.1) is 6.92 Å². The number of sulfonamides is 1. The van der Waals surface area contributed by atoms with E-state index in [9.17, 15) is 8.42 Å². The molecule has 0 saturated carbocycles. The van der Waals surface area contributed by atoms with E-state index in [-0.39, 0.29) is 23.4 Å². The Kier molecular flexibility index (Phi) is 5.68. The second-order valence-corrected chi connectivity index (χ2v) is 7.11. The first-order chi connectivity index (χ1) is 10.4. The zero-order valence-corrected chi connectivity index (χ0v) is 14.3. The smallest absolute Gasteiger partial charge is 0.244 e. The third-order valence-corrected chi connectivity index (χ3v) is 5.37. The summed E-state index contributed by atoms with van der Waals surface area (Å²) < 4.78 is 43.8. The molecule has 0 radical (unpaired) electrons. The van der Waals surface area contributed by atoms with Crippen LogP contribution in [0.15, 0.2) is 17.0 Å². The number of methoxy groups -OCH3 is 1. The van der Waals surface area contributed by atoms with Gasteiger partial charge in [0.05, 0.1) is 32.0 Å². The summed E-state index contributed by atoms with van der Waals surface area (Å²) >= 11 is 6.07. The van der Waals surface area contributed by atoms with Gasteiger partial charge in [-0.2, -0.15) is 0 Å². The molecular formula is C14H20ClNO5S. The Balaban J connectivity index is 2.34. The van der Waals surface area contributed by atoms with Gasteiger partial charge in [-0.05, 0) is 31.5 Å². The van der Waals surface area contributed by atoms with Gasteiger partial charge in [-0.3, -0.25) is 0 Å². The number of aryl methyl sites for hydroxylation is 1. The Labute approximate surface area is 135 Å². The molecule has 1 N–H and O–H groups in total. The van der Waals surface area contributed by atoms with Crippen molar-refractivity contribution in [2.24, 2.45) is 0 Å². The summed E-state index contributed by atoms with van der Waals surface area (Å²) in [6.45, 7) is 4.56. The third kappa shape index (κ3) is 3.72. The molecule has 124 valence electrons. The number of benzene rings is 1. The monoisotopic (exact) mass is 349 g/mol. The van der Waals surface area contributed by atoms with Crippen LogP contribution < -0.4 is 9.46 Å². The average molecular weight is 350 g/mol. The predicted molar refractivity (Wildman–Crippen MR) is 83.1 cm³/mol. The molecule has 8 heteroatoms. The van der Waals surface area contributed by atoms with Gasteiger partial charge in [0.25, 0.3) is 0 Å². The van der Waals surface area contributed by atoms with Gasteiger partial charge in [-0.25, -0.2) is 13.1 Å². The molecule has 0 unspecified atom stereocenters. The van der Waals surface area contributed by atoms with E-state index in [0.29, 0.717) is 18.2 Å². The minimum absolute atomic E-state index is 0.0201. The first-order valence-corrected chi connectivity index (χ1v) is 8.81. The second kappa shape index (κ2) is 7.14. The highest BCUT2D eigenvalue weighted by molar-refractivity contribution is 7.89. The van der Waals surface area contributed by atoms with Crippen molar-refractivity contribution in [3.05, 3.63) is 22.7 Å². The largest absolute Gasteiger partial charge is 0.492 e. The molecule has 1 aromatic rings. The van der Waals surface area contributed by atoms with Crippen molar-refractivity contribution in [2.75, 3.05) is 26.9 Å². The maximum Gasteiger partial charge on any atom is 0.244 e. The van der Waals surface area contributed by atoms with Crippen LogP contribution in [0.1, 0.15) is 12.5 Å². The van der Waals surface area contributed by atoms with E-state index in [1.807, 2.05) is 0 Å². The lowest BCUT2D eigenvalue weighted by atomic mass is 10.2. The van der Waals surface area contributed by atoms with Crippen LogP contribution in [-0.4, -0.2) is 47.5 Å². The third-order valence-electron chi connectivity index (χ3n) is 3.45. The minimum atomic E-state index is -3.80. The number of halogens is 1. The van der Waals surface area contributed by atoms with Crippen molar-refractivity contribution in [1.29, 1.82) is 0 Å². The van der Waals surface area contributed by atoms with E-state index in [0.717, 1.165) is 5.56 Å². The quantitative estimate of drug-likeness (QED) is 0.846. The fraction of sp³-hybridized carbons (Fsp3) is 0.571. The fourth-order valence-electron chi connectivity index (χ4n) is 2.25. The maximum absolute atomic E-state index is 12.6. The zero-order chi connectivity index (χ0) is 16.3. The van der Waals surface area contributed by atoms with Gasteiger partial charge in [-0.15, -0.1) is 0 Å². The van der Waals surface area contributed by atoms with E-state index in [4.69, 9.17) is 25.8 Å². The van der Waals surface area contributed by atoms with Crippen LogP contribution in [0.3, 0.4) is 0 Å². The summed E-state index contributed by atoms with van der Waals surface area (Å²) in [5, 5.41) is 0.370. The van der Waals surface area contributed by atoms with Crippen molar-refractivity contribution in [3.63, 3.8) is 0 Å². The van der Waals surface area contributed by atoms with Crippen LogP contribution in [0.25, 0.3) is 0 Å². The standard InChI is InChI=1S/C14H20ClNO5S/c1-4-21-12-5-9(2)10(15)6-14(12)22(17,18)16-11-7-20-8-13(11)19-3/h5-6,11,13,16H,4,7-8H2,1-3H3/t11-,13-/m0/s1. The molecule has 6 nitrogen and oxygen atoms in total. The normalized spacial score (nSPS) is 22.0. The molecule has 1 fully saturated rings. The summed E-state index contributed by atoms with van der Waals surface area (Å²) in [4.78, 5) is 0.0201. The average Bonchev–Trinajstić information content (AvgIpc) is 2.89. The summed E-state index contributed by atoms with van der Waals surface area (Å²) in [6.07, 6.45) is -0.314. The first kappa shape index (κ1) is 17.5. The first-order valence-electron chi connectivity index (χ1n) is 6.94. The predicted octanol–water partition coefficient (Wildman–Crippen LogP) is 1.74. The van der Waals surface area contributed by atoms with Gasteiger partial charge in [0.1, 0.15) is 10.6 Å². The van der Waals surface area contributed by atoms with Crippen molar-refractivity contribution in [3.8, 4) is 5.75 Å². The highest BCUT2D eigenvalue weighted by atomic mass is 35.5. The molecule has 0 spiro atoms. The molecule has 1 aromatic carbocycles. The highest BCUT2D eigenvalue weighted by Crippen LogP contribution is 2.30. The molecule has 2 atom stereocenters. The molecule has 22 heavy (non-hydrogen) atoms. The van der Waals surface area contributed by atoms with E-state index >= 15 is 0 Å². The molecule has 0 aliphatic carbocycles. The molecule has 2 rings (SSSR count). The maximum atomic E-state index is 12.6. The molecular weight excluding hydrogens is 330 g/mol. The Morgan fingerprint density at radius 3 is 2.77 bits per heavy atom. The van der Waals surface area contributed by atoms with Gasteiger partial charge < -0.3 is 14.2 Å². The van der Waals surface area contributed by atoms with Crippen LogP contribution in [0.4, 0.5) is 0 Å². The Morgan fingerprint density at radius 1 is 1.41 bits per heavy atom. The molecule has 1 saturated heterocycles. The van der Waals surface area contributed by atoms with E-state index < -0.39 is 16.1 Å². The minimum Gasteiger partial charge on any atom is -0.492 e. The lowest BCUT2D eigenvalue weighted by Gasteiger charge is -2.19. The van der Waals surface area contributed by atoms with Gasteiger partial charge in [-0.1, -0.05) is 11.6 Å². The summed E-state index contributed by atoms with van der Waals surface area (Å²) in [7, 11) is -2.28. The molecule has 0 bridgehead atoms. The Morgan fingerprint density at radius 2 is 2.14 bits per heavy atom. The lowest BCUT2D eigenvalue weighted by Crippen LogP contribution is -2.43. The van der Waals surface area contributed by atoms with Crippen molar-refractivity contribution in [1.82, 2.24) is 4.72 Å². The van der Waals surface area contributed by atoms with Crippen LogP contribution in [-0.2, 0) is 19.5 Å². The van der Waals surface area contributed by atoms with E-state index in [1.165, 1.54) is 13.2 Å². The molecule has 1 aliphatic heterocycles. The SMILES string of the molecule is CCOc1cc(C)c(Cl)cc1S(=O)(=O)N[C@H]1COC[C@@H]1OC. The van der Waals surface area contributed by atoms with Gasteiger partial charge in [0.15, 0.2) is 0 Å². The molecule has 1 aliphatic rings. The van der Waals surface area contributed by atoms with Crippen molar-refractivity contribution >= 4 is 21.6 Å². The summed E-state index contributed by atoms with van der Waals surface area (Å²) in [5.41, 5.74) is 0.753. The summed E-state index contributed by atoms with van der Waals surface area (Å²) in [6, 6.07) is 2.59. The molecule has 0 amide bonds. The van der Waals surface area contributed by atoms with Crippen molar-refractivity contribution < 1.29 is 22.6 Å². The summed E-state index contributed by atoms with van der Waals surface area (Å²) in [5.74, 6) is 0.282. The Hall–Kier alpha value is -0.860. The van der Waals surface area contributed by atoms with Gasteiger partial charge >= 0.3 is 0 Å². The Bertz CT molecular complexity index is 634. The zero-order valence-electron chi connectivity index (χ0n) is 12.8. The number of nitrogens with one attached hydrogen (secondary N) is 1. The van der Waals surface area contributed by atoms with Gasteiger partial charge in [0, 0.05) is 12.1 Å². The van der Waals surface area contributed by atoms with E-state index in [2.05, 4.69) is 4.72 Å². The number of hydrogen-bond acceptors (Lipinski definition) is 5. The fourth-order valence-corrected chi connectivity index (χ4v) is 3.88. The van der Waals surface area contributed by atoms with E-state index in [1.54, 1.807) is 19.9 Å². The van der Waals surface area contributed by atoms with Crippen LogP contribution >= 0.6 is 11.6 Å². The van der Waals surface area contributed by atoms with Crippen molar-refractivity contribution in [2.45, 2.75) is 30.9 Å². The van der Waals surface area contributed by atoms with Crippen LogP contribution in [0.2, 0.25) is 5.02 Å². The number of rotatable bonds is 6. The molecule has 0 aromatic heterocycles. The topological polar surface area (TPSA) is 73.9 Å².